The van der Waals surface area contributed by atoms with Crippen molar-refractivity contribution in [3.05, 3.63) is 10.0 Å². The fourth-order valence-corrected chi connectivity index (χ4v) is 4.50. The van der Waals surface area contributed by atoms with Gasteiger partial charge in [0.15, 0.2) is 11.6 Å². The summed E-state index contributed by atoms with van der Waals surface area (Å²) in [4.78, 5) is 5.66. The van der Waals surface area contributed by atoms with Crippen LogP contribution in [0.2, 0.25) is 10.0 Å². The first-order chi connectivity index (χ1) is 8.59. The summed E-state index contributed by atoms with van der Waals surface area (Å²) in [6, 6.07) is 0.972. The van der Waals surface area contributed by atoms with E-state index in [1.807, 2.05) is 0 Å². The Bertz CT molecular complexity index is 505. The summed E-state index contributed by atoms with van der Waals surface area (Å²) in [6.07, 6.45) is 3.82. The molecule has 2 heterocycles. The molecule has 3 fully saturated rings. The summed E-state index contributed by atoms with van der Waals surface area (Å²) in [5, 5.41) is 0.290. The molecule has 2 aliphatic carbocycles. The third-order valence-electron chi connectivity index (χ3n) is 4.66. The van der Waals surface area contributed by atoms with Crippen LogP contribution in [0.5, 0.6) is 0 Å². The second-order valence-corrected chi connectivity index (χ2v) is 6.21. The van der Waals surface area contributed by atoms with Crippen LogP contribution in [-0.4, -0.2) is 17.1 Å². The molecule has 3 aliphatic rings. The molecule has 4 atom stereocenters. The number of aromatic nitrogens is 1. The number of rotatable bonds is 1. The minimum Gasteiger partial charge on any atom is -0.358 e. The first-order valence-electron chi connectivity index (χ1n) is 6.15. The molecule has 0 amide bonds. The van der Waals surface area contributed by atoms with Gasteiger partial charge in [0.2, 0.25) is 0 Å². The molecule has 1 aromatic heterocycles. The van der Waals surface area contributed by atoms with Crippen molar-refractivity contribution >= 4 is 40.5 Å². The van der Waals surface area contributed by atoms with Crippen molar-refractivity contribution in [2.24, 2.45) is 11.8 Å². The Morgan fingerprint density at radius 1 is 1.00 bits per heavy atom. The first-order valence-corrected chi connectivity index (χ1v) is 6.90. The molecule has 0 spiro atoms. The Labute approximate surface area is 115 Å². The molecule has 2 bridgehead atoms. The lowest BCUT2D eigenvalue weighted by atomic mass is 10.0. The van der Waals surface area contributed by atoms with Gasteiger partial charge in [-0.25, -0.2) is 4.98 Å². The maximum absolute atomic E-state index is 9.60. The normalized spacial score (nSPS) is 36.0. The van der Waals surface area contributed by atoms with E-state index in [4.69, 9.17) is 23.2 Å². The largest absolute Gasteiger partial charge is 0.358 e. The van der Waals surface area contributed by atoms with E-state index in [1.54, 1.807) is 0 Å². The summed E-state index contributed by atoms with van der Waals surface area (Å²) >= 11 is 12.2. The minimum atomic E-state index is -0.356. The Morgan fingerprint density at radius 3 is 2.00 bits per heavy atom. The van der Waals surface area contributed by atoms with Crippen LogP contribution in [0.25, 0.3) is 0 Å². The van der Waals surface area contributed by atoms with Crippen LogP contribution >= 0.6 is 23.2 Å². The molecule has 0 aromatic carbocycles. The lowest BCUT2D eigenvalue weighted by molar-refractivity contribution is 0.546. The third-order valence-corrected chi connectivity index (χ3v) is 5.36. The zero-order valence-electron chi connectivity index (χ0n) is 9.48. The van der Waals surface area contributed by atoms with Gasteiger partial charge >= 0.3 is 0 Å². The van der Waals surface area contributed by atoms with Crippen molar-refractivity contribution in [2.75, 3.05) is 4.90 Å². The smallest absolute Gasteiger partial charge is 0.197 e. The molecule has 92 valence electrons. The molecule has 6 heteroatoms. The van der Waals surface area contributed by atoms with Crippen molar-refractivity contribution in [1.82, 2.24) is 16.5 Å². The van der Waals surface area contributed by atoms with E-state index in [2.05, 4.69) is 9.88 Å². The SMILES string of the molecule is [N]c1nc([N])c(Cl)c(N2C3C4CCC(C4)C32)c1Cl. The lowest BCUT2D eigenvalue weighted by Gasteiger charge is -2.17. The van der Waals surface area contributed by atoms with E-state index in [9.17, 15) is 11.5 Å². The molecular weight excluding hydrogens is 271 g/mol. The number of piperidine rings is 1. The highest BCUT2D eigenvalue weighted by atomic mass is 35.5. The second kappa shape index (κ2) is 3.36. The zero-order valence-corrected chi connectivity index (χ0v) is 11.0. The average molecular weight is 281 g/mol. The maximum atomic E-state index is 9.60. The number of hydrogen-bond acceptors (Lipinski definition) is 2. The van der Waals surface area contributed by atoms with Gasteiger partial charge in [-0.1, -0.05) is 23.2 Å². The predicted octanol–water partition coefficient (Wildman–Crippen LogP) is 2.78. The standard InChI is InChI=1S/C12H10Cl2N4/c13-6-10(7(14)12(16)17-11(6)15)18-8-4-1-2-5(3-4)9(8)18/h4-5,8-9H,1-3H2. The summed E-state index contributed by atoms with van der Waals surface area (Å²) in [7, 11) is 0. The molecule has 4 radical (unpaired) electrons. The van der Waals surface area contributed by atoms with Crippen LogP contribution in [0.1, 0.15) is 19.3 Å². The molecule has 1 aromatic rings. The highest BCUT2D eigenvalue weighted by Crippen LogP contribution is 2.62. The highest BCUT2D eigenvalue weighted by molar-refractivity contribution is 6.41. The molecular formula is C12H10Cl2N4. The van der Waals surface area contributed by atoms with Crippen LogP contribution < -0.4 is 16.4 Å². The average Bonchev–Trinajstić information content (AvgIpc) is 2.77. The van der Waals surface area contributed by atoms with E-state index in [1.165, 1.54) is 19.3 Å². The van der Waals surface area contributed by atoms with E-state index < -0.39 is 0 Å². The van der Waals surface area contributed by atoms with Gasteiger partial charge in [0.25, 0.3) is 0 Å². The maximum Gasteiger partial charge on any atom is 0.197 e. The highest BCUT2D eigenvalue weighted by Gasteiger charge is 2.64. The van der Waals surface area contributed by atoms with Gasteiger partial charge in [-0.3, -0.25) is 0 Å². The molecule has 2 saturated carbocycles. The van der Waals surface area contributed by atoms with Crippen LogP contribution in [0.4, 0.5) is 17.3 Å². The van der Waals surface area contributed by atoms with Crippen molar-refractivity contribution in [2.45, 2.75) is 31.3 Å². The van der Waals surface area contributed by atoms with Gasteiger partial charge in [-0.2, -0.15) is 0 Å². The third kappa shape index (κ3) is 1.20. The van der Waals surface area contributed by atoms with E-state index >= 15 is 0 Å². The van der Waals surface area contributed by atoms with Crippen molar-refractivity contribution < 1.29 is 0 Å². The number of hydrogen-bond donors (Lipinski definition) is 0. The van der Waals surface area contributed by atoms with Crippen LogP contribution in [0.15, 0.2) is 0 Å². The van der Waals surface area contributed by atoms with Gasteiger partial charge in [-0.05, 0) is 31.1 Å². The van der Waals surface area contributed by atoms with Gasteiger partial charge in [0.05, 0.1) is 17.8 Å². The van der Waals surface area contributed by atoms with Crippen molar-refractivity contribution in [1.29, 1.82) is 0 Å². The van der Waals surface area contributed by atoms with E-state index in [0.29, 0.717) is 29.6 Å². The fraction of sp³-hybridized carbons (Fsp3) is 0.583. The molecule has 0 N–H and O–H groups in total. The quantitative estimate of drug-likeness (QED) is 0.743. The molecule has 4 nitrogen and oxygen atoms in total. The minimum absolute atomic E-state index is 0.145. The predicted molar refractivity (Wildman–Crippen MR) is 68.7 cm³/mol. The number of pyridine rings is 1. The van der Waals surface area contributed by atoms with E-state index in [-0.39, 0.29) is 21.7 Å². The summed E-state index contributed by atoms with van der Waals surface area (Å²) in [6.45, 7) is 0. The summed E-state index contributed by atoms with van der Waals surface area (Å²) < 4.78 is 0. The Morgan fingerprint density at radius 2 is 1.50 bits per heavy atom. The number of nitrogens with zero attached hydrogens (tertiary/aromatic N) is 4. The molecule has 4 rings (SSSR count). The molecule has 1 saturated heterocycles. The molecule has 4 unspecified atom stereocenters. The van der Waals surface area contributed by atoms with Crippen LogP contribution in [0.3, 0.4) is 0 Å². The van der Waals surface area contributed by atoms with Gasteiger partial charge in [0.1, 0.15) is 10.0 Å². The zero-order chi connectivity index (χ0) is 12.6. The Hall–Kier alpha value is -0.870. The van der Waals surface area contributed by atoms with Crippen molar-refractivity contribution in [3.8, 4) is 0 Å². The van der Waals surface area contributed by atoms with Crippen LogP contribution in [0, 0.1) is 11.8 Å². The summed E-state index contributed by atoms with van der Waals surface area (Å²) in [5.41, 5.74) is 19.8. The Kier molecular flexibility index (Phi) is 2.06. The van der Waals surface area contributed by atoms with Crippen molar-refractivity contribution in [3.63, 3.8) is 0 Å². The first kappa shape index (κ1) is 11.0. The topological polar surface area (TPSA) is 60.5 Å². The lowest BCUT2D eigenvalue weighted by Crippen LogP contribution is -2.12. The molecule has 1 aliphatic heterocycles. The monoisotopic (exact) mass is 280 g/mol. The van der Waals surface area contributed by atoms with E-state index in [0.717, 1.165) is 0 Å². The number of anilines is 1. The van der Waals surface area contributed by atoms with Gasteiger partial charge < -0.3 is 4.90 Å². The van der Waals surface area contributed by atoms with Gasteiger partial charge in [-0.15, -0.1) is 11.5 Å². The fourth-order valence-electron chi connectivity index (χ4n) is 3.98. The molecule has 18 heavy (non-hydrogen) atoms. The number of fused-ring (bicyclic) bond motifs is 5. The second-order valence-electron chi connectivity index (χ2n) is 5.46. The van der Waals surface area contributed by atoms with Gasteiger partial charge in [0, 0.05) is 0 Å². The van der Waals surface area contributed by atoms with Crippen LogP contribution in [-0.2, 0) is 0 Å². The number of halogens is 2. The summed E-state index contributed by atoms with van der Waals surface area (Å²) in [5.74, 6) is 0.714. The Balaban J connectivity index is 1.79.